The van der Waals surface area contributed by atoms with E-state index in [0.717, 1.165) is 50.5 Å². The summed E-state index contributed by atoms with van der Waals surface area (Å²) in [5, 5.41) is 20.8. The van der Waals surface area contributed by atoms with Crippen LogP contribution in [0.4, 0.5) is 0 Å². The third kappa shape index (κ3) is 2.47. The first-order valence-electron chi connectivity index (χ1n) is 13.5. The maximum atomic E-state index is 10.4. The van der Waals surface area contributed by atoms with Crippen LogP contribution < -0.4 is 0 Å². The van der Waals surface area contributed by atoms with E-state index in [0.29, 0.717) is 29.8 Å². The van der Waals surface area contributed by atoms with E-state index in [4.69, 9.17) is 14.2 Å². The van der Waals surface area contributed by atoms with Gasteiger partial charge in [-0.05, 0) is 101 Å². The predicted octanol–water partition coefficient (Wildman–Crippen LogP) is 4.35. The molecule has 2 N–H and O–H groups in total. The molecule has 5 heteroatoms. The van der Waals surface area contributed by atoms with Crippen LogP contribution in [0.15, 0.2) is 12.2 Å². The minimum Gasteiger partial charge on any atom is -0.393 e. The smallest absolute Gasteiger partial charge is 0.165 e. The Bertz CT molecular complexity index is 895. The molecule has 4 saturated carbocycles. The lowest BCUT2D eigenvalue weighted by Gasteiger charge is -2.58. The summed E-state index contributed by atoms with van der Waals surface area (Å²) in [7, 11) is 0. The molecule has 0 radical (unpaired) electrons. The molecule has 3 saturated heterocycles. The molecule has 4 aliphatic carbocycles. The Morgan fingerprint density at radius 2 is 1.85 bits per heavy atom. The van der Waals surface area contributed by atoms with Crippen molar-refractivity contribution in [1.29, 1.82) is 0 Å². The molecule has 12 atom stereocenters. The fourth-order valence-electron chi connectivity index (χ4n) is 10.4. The quantitative estimate of drug-likeness (QED) is 0.484. The molecule has 7 fully saturated rings. The molecule has 0 amide bonds. The highest BCUT2D eigenvalue weighted by Crippen LogP contribution is 2.81. The largest absolute Gasteiger partial charge is 0.393 e. The van der Waals surface area contributed by atoms with E-state index in [2.05, 4.69) is 20.4 Å². The molecule has 7 aliphatic rings. The van der Waals surface area contributed by atoms with E-state index >= 15 is 0 Å². The molecule has 5 nitrogen and oxygen atoms in total. The molecule has 2 spiro atoms. The summed E-state index contributed by atoms with van der Waals surface area (Å²) in [6.45, 7) is 12.6. The molecule has 2 bridgehead atoms. The van der Waals surface area contributed by atoms with Gasteiger partial charge in [0.1, 0.15) is 5.60 Å². The van der Waals surface area contributed by atoms with Crippen molar-refractivity contribution in [3.63, 3.8) is 0 Å². The standard InChI is InChI=1S/C28H42O5/c1-15(24(2,3)30)6-10-26(5)20-14-18-22-27(20,23(31-18)33-26)11-8-19-25(4)9-7-17(29)12-16(25)13-21-28(19,22)32-21/h16-23,29-30H,1,6-14H2,2-5H3/t16?,17-,18+,19+,20+,21-,22+,23-,25-,26-,27-,28+/m0/s1. The summed E-state index contributed by atoms with van der Waals surface area (Å²) in [6, 6.07) is 0. The fraction of sp³-hybridized carbons (Fsp3) is 0.929. The van der Waals surface area contributed by atoms with Crippen LogP contribution in [0.2, 0.25) is 0 Å². The summed E-state index contributed by atoms with van der Waals surface area (Å²) in [5.74, 6) is 2.12. The number of epoxide rings is 1. The molecule has 3 heterocycles. The van der Waals surface area contributed by atoms with Crippen LogP contribution in [0.5, 0.6) is 0 Å². The monoisotopic (exact) mass is 458 g/mol. The molecule has 0 aromatic rings. The third-order valence-electron chi connectivity index (χ3n) is 12.2. The molecule has 184 valence electrons. The van der Waals surface area contributed by atoms with Gasteiger partial charge in [-0.25, -0.2) is 0 Å². The Morgan fingerprint density at radius 1 is 1.06 bits per heavy atom. The van der Waals surface area contributed by atoms with Crippen molar-refractivity contribution in [3.05, 3.63) is 12.2 Å². The van der Waals surface area contributed by atoms with Crippen LogP contribution in [0.25, 0.3) is 0 Å². The number of rotatable bonds is 4. The Labute approximate surface area is 198 Å². The highest BCUT2D eigenvalue weighted by molar-refractivity contribution is 5.33. The van der Waals surface area contributed by atoms with Crippen LogP contribution in [-0.2, 0) is 14.2 Å². The van der Waals surface area contributed by atoms with E-state index in [-0.39, 0.29) is 40.5 Å². The summed E-state index contributed by atoms with van der Waals surface area (Å²) < 4.78 is 20.3. The van der Waals surface area contributed by atoms with Crippen LogP contribution in [0.3, 0.4) is 0 Å². The second-order valence-electron chi connectivity index (χ2n) is 13.9. The predicted molar refractivity (Wildman–Crippen MR) is 123 cm³/mol. The Kier molecular flexibility index (Phi) is 4.14. The maximum Gasteiger partial charge on any atom is 0.165 e. The van der Waals surface area contributed by atoms with Gasteiger partial charge in [0.15, 0.2) is 6.29 Å². The van der Waals surface area contributed by atoms with Crippen LogP contribution in [-0.4, -0.2) is 51.6 Å². The van der Waals surface area contributed by atoms with E-state index in [1.165, 1.54) is 12.8 Å². The van der Waals surface area contributed by atoms with Gasteiger partial charge in [0.05, 0.1) is 29.5 Å². The maximum absolute atomic E-state index is 10.4. The lowest BCUT2D eigenvalue weighted by atomic mass is 9.44. The van der Waals surface area contributed by atoms with E-state index in [1.807, 2.05) is 13.8 Å². The highest BCUT2D eigenvalue weighted by atomic mass is 16.7. The number of hydrogen-bond donors (Lipinski definition) is 2. The molecule has 0 aromatic carbocycles. The molecule has 1 unspecified atom stereocenters. The van der Waals surface area contributed by atoms with Gasteiger partial charge in [-0.2, -0.15) is 0 Å². The minimum atomic E-state index is -0.850. The Morgan fingerprint density at radius 3 is 2.61 bits per heavy atom. The molecule has 0 aromatic heterocycles. The van der Waals surface area contributed by atoms with Crippen molar-refractivity contribution in [2.75, 3.05) is 0 Å². The van der Waals surface area contributed by atoms with Crippen LogP contribution in [0, 0.1) is 34.5 Å². The van der Waals surface area contributed by atoms with E-state index < -0.39 is 5.60 Å². The van der Waals surface area contributed by atoms with E-state index in [9.17, 15) is 10.2 Å². The highest BCUT2D eigenvalue weighted by Gasteiger charge is 2.87. The van der Waals surface area contributed by atoms with Gasteiger partial charge in [-0.15, -0.1) is 0 Å². The van der Waals surface area contributed by atoms with Crippen molar-refractivity contribution in [2.45, 2.75) is 127 Å². The average Bonchev–Trinajstić information content (AvgIpc) is 3.14. The first-order valence-corrected chi connectivity index (χ1v) is 13.5. The van der Waals surface area contributed by atoms with Crippen molar-refractivity contribution in [1.82, 2.24) is 0 Å². The molecule has 7 rings (SSSR count). The van der Waals surface area contributed by atoms with Crippen molar-refractivity contribution < 1.29 is 24.4 Å². The summed E-state index contributed by atoms with van der Waals surface area (Å²) in [5.41, 5.74) is 0.144. The molecule has 33 heavy (non-hydrogen) atoms. The number of ether oxygens (including phenoxy) is 3. The lowest BCUT2D eigenvalue weighted by molar-refractivity contribution is -0.175. The zero-order chi connectivity index (χ0) is 23.2. The van der Waals surface area contributed by atoms with Gasteiger partial charge in [0, 0.05) is 17.3 Å². The van der Waals surface area contributed by atoms with Gasteiger partial charge < -0.3 is 24.4 Å². The number of aliphatic hydroxyl groups excluding tert-OH is 1. The van der Waals surface area contributed by atoms with Gasteiger partial charge in [-0.1, -0.05) is 13.5 Å². The first-order chi connectivity index (χ1) is 15.4. The van der Waals surface area contributed by atoms with Gasteiger partial charge >= 0.3 is 0 Å². The second-order valence-corrected chi connectivity index (χ2v) is 13.9. The first kappa shape index (κ1) is 21.8. The van der Waals surface area contributed by atoms with Gasteiger partial charge in [0.25, 0.3) is 0 Å². The second kappa shape index (κ2) is 6.26. The van der Waals surface area contributed by atoms with Crippen LogP contribution >= 0.6 is 0 Å². The van der Waals surface area contributed by atoms with Crippen molar-refractivity contribution in [2.24, 2.45) is 34.5 Å². The topological polar surface area (TPSA) is 71.5 Å². The zero-order valence-electron chi connectivity index (χ0n) is 20.8. The minimum absolute atomic E-state index is 0.0226. The number of fused-ring (bicyclic) bond motifs is 2. The van der Waals surface area contributed by atoms with Gasteiger partial charge in [0.2, 0.25) is 0 Å². The molecular weight excluding hydrogens is 416 g/mol. The number of hydrogen-bond acceptors (Lipinski definition) is 5. The third-order valence-corrected chi connectivity index (χ3v) is 12.2. The van der Waals surface area contributed by atoms with Crippen molar-refractivity contribution >= 4 is 0 Å². The zero-order valence-corrected chi connectivity index (χ0v) is 20.8. The Hall–Kier alpha value is -0.460. The fourth-order valence-corrected chi connectivity index (χ4v) is 10.4. The SMILES string of the molecule is C=C(CC[C@]1(C)O[C@@H]2O[C@@H]3C[C@H]1[C@]21CC[C@H]2[C@]4(O[C@H]4CC4C[C@@H](O)CC[C@@]42C)[C@H]31)C(C)(C)O. The van der Waals surface area contributed by atoms with Gasteiger partial charge in [-0.3, -0.25) is 0 Å². The Balaban J connectivity index is 1.20. The molecular formula is C28H42O5. The normalized spacial score (nSPS) is 60.1. The summed E-state index contributed by atoms with van der Waals surface area (Å²) in [4.78, 5) is 0. The number of aliphatic hydroxyl groups is 2. The van der Waals surface area contributed by atoms with Crippen LogP contribution in [0.1, 0.15) is 85.5 Å². The van der Waals surface area contributed by atoms with E-state index in [1.54, 1.807) is 0 Å². The lowest BCUT2D eigenvalue weighted by Crippen LogP contribution is -2.60. The molecule has 3 aliphatic heterocycles. The summed E-state index contributed by atoms with van der Waals surface area (Å²) in [6.07, 6.45) is 9.64. The van der Waals surface area contributed by atoms with Crippen molar-refractivity contribution in [3.8, 4) is 0 Å². The summed E-state index contributed by atoms with van der Waals surface area (Å²) >= 11 is 0. The average molecular weight is 459 g/mol.